The number of carbonyl (C=O) groups excluding carboxylic acids is 1. The molecule has 20 heavy (non-hydrogen) atoms. The zero-order chi connectivity index (χ0) is 15.1. The van der Waals surface area contributed by atoms with Crippen LogP contribution in [-0.2, 0) is 11.3 Å². The van der Waals surface area contributed by atoms with Gasteiger partial charge in [-0.2, -0.15) is 0 Å². The Balaban J connectivity index is 2.91. The summed E-state index contributed by atoms with van der Waals surface area (Å²) in [5, 5.41) is 0. The number of amides is 1. The van der Waals surface area contributed by atoms with Gasteiger partial charge in [0.05, 0.1) is 6.61 Å². The Hall–Kier alpha value is -1.50. The van der Waals surface area contributed by atoms with E-state index in [1.54, 1.807) is 7.11 Å². The van der Waals surface area contributed by atoms with Crippen LogP contribution in [0.2, 0.25) is 0 Å². The number of nitrogens with one attached hydrogen (secondary N) is 1. The van der Waals surface area contributed by atoms with Gasteiger partial charge < -0.3 is 4.74 Å². The van der Waals surface area contributed by atoms with Crippen LogP contribution >= 0.6 is 0 Å². The minimum absolute atomic E-state index is 0.163. The molecule has 6 heteroatoms. The van der Waals surface area contributed by atoms with Gasteiger partial charge in [-0.1, -0.05) is 6.92 Å². The number of nitrogens with zero attached hydrogens (tertiary/aromatic N) is 1. The van der Waals surface area contributed by atoms with E-state index < -0.39 is 5.91 Å². The fourth-order valence-electron chi connectivity index (χ4n) is 2.07. The molecule has 1 amide bonds. The second kappa shape index (κ2) is 7.94. The molecule has 0 bridgehead atoms. The monoisotopic (exact) mass is 283 g/mol. The Kier molecular flexibility index (Phi) is 6.57. The first-order valence-electron chi connectivity index (χ1n) is 6.55. The van der Waals surface area contributed by atoms with Crippen LogP contribution in [0.25, 0.3) is 0 Å². The van der Waals surface area contributed by atoms with Crippen LogP contribution in [0.4, 0.5) is 4.39 Å². The third-order valence-corrected chi connectivity index (χ3v) is 3.25. The second-order valence-corrected chi connectivity index (χ2v) is 4.65. The molecule has 0 aliphatic heterocycles. The molecule has 5 nitrogen and oxygen atoms in total. The van der Waals surface area contributed by atoms with E-state index in [4.69, 9.17) is 10.6 Å². The number of halogens is 1. The number of ether oxygens (including phenoxy) is 1. The van der Waals surface area contributed by atoms with Crippen LogP contribution in [0.15, 0.2) is 18.2 Å². The number of carbonyl (C=O) groups is 1. The summed E-state index contributed by atoms with van der Waals surface area (Å²) >= 11 is 0. The second-order valence-electron chi connectivity index (χ2n) is 4.65. The third kappa shape index (κ3) is 4.26. The van der Waals surface area contributed by atoms with Crippen LogP contribution in [0, 0.1) is 5.82 Å². The van der Waals surface area contributed by atoms with Crippen molar-refractivity contribution in [2.75, 3.05) is 20.3 Å². The Labute approximate surface area is 118 Å². The molecule has 0 saturated carbocycles. The Morgan fingerprint density at radius 3 is 2.80 bits per heavy atom. The summed E-state index contributed by atoms with van der Waals surface area (Å²) in [6.45, 7) is 5.76. The van der Waals surface area contributed by atoms with Gasteiger partial charge in [0.15, 0.2) is 0 Å². The van der Waals surface area contributed by atoms with Crippen molar-refractivity contribution in [2.24, 2.45) is 5.84 Å². The number of hydrogen-bond donors (Lipinski definition) is 2. The molecular weight excluding hydrogens is 261 g/mol. The molecule has 0 aliphatic carbocycles. The molecule has 0 spiro atoms. The highest BCUT2D eigenvalue weighted by atomic mass is 19.1. The van der Waals surface area contributed by atoms with Crippen molar-refractivity contribution in [2.45, 2.75) is 26.4 Å². The van der Waals surface area contributed by atoms with Gasteiger partial charge in [0.1, 0.15) is 5.82 Å². The van der Waals surface area contributed by atoms with E-state index in [0.29, 0.717) is 24.3 Å². The molecule has 1 unspecified atom stereocenters. The molecule has 0 aromatic heterocycles. The number of methoxy groups -OCH3 is 1. The van der Waals surface area contributed by atoms with Crippen molar-refractivity contribution in [3.63, 3.8) is 0 Å². The average Bonchev–Trinajstić information content (AvgIpc) is 2.45. The van der Waals surface area contributed by atoms with Crippen LogP contribution in [0.1, 0.15) is 29.8 Å². The first kappa shape index (κ1) is 16.6. The normalized spacial score (nSPS) is 12.5. The minimum atomic E-state index is -0.431. The molecule has 1 aromatic carbocycles. The maximum absolute atomic E-state index is 13.9. The van der Waals surface area contributed by atoms with Gasteiger partial charge in [0.2, 0.25) is 0 Å². The lowest BCUT2D eigenvalue weighted by molar-refractivity contribution is 0.0949. The van der Waals surface area contributed by atoms with E-state index in [9.17, 15) is 9.18 Å². The van der Waals surface area contributed by atoms with E-state index in [1.807, 2.05) is 19.3 Å². The molecule has 112 valence electrons. The quantitative estimate of drug-likeness (QED) is 0.449. The molecule has 0 fully saturated rings. The lowest BCUT2D eigenvalue weighted by Crippen LogP contribution is -2.36. The summed E-state index contributed by atoms with van der Waals surface area (Å²) < 4.78 is 19.0. The summed E-state index contributed by atoms with van der Waals surface area (Å²) in [5.74, 6) is 4.32. The highest BCUT2D eigenvalue weighted by molar-refractivity contribution is 5.93. The topological polar surface area (TPSA) is 67.6 Å². The molecule has 1 atom stereocenters. The largest absolute Gasteiger partial charge is 0.383 e. The average molecular weight is 283 g/mol. The lowest BCUT2D eigenvalue weighted by Gasteiger charge is -2.27. The molecule has 0 heterocycles. The summed E-state index contributed by atoms with van der Waals surface area (Å²) in [6, 6.07) is 4.39. The molecule has 0 aliphatic rings. The van der Waals surface area contributed by atoms with Gasteiger partial charge in [0, 0.05) is 30.8 Å². The van der Waals surface area contributed by atoms with Gasteiger partial charge in [-0.05, 0) is 31.7 Å². The third-order valence-electron chi connectivity index (χ3n) is 3.25. The van der Waals surface area contributed by atoms with Crippen molar-refractivity contribution in [1.82, 2.24) is 10.3 Å². The lowest BCUT2D eigenvalue weighted by atomic mass is 10.1. The summed E-state index contributed by atoms with van der Waals surface area (Å²) in [6.07, 6.45) is 0. The zero-order valence-electron chi connectivity index (χ0n) is 12.1. The molecule has 3 N–H and O–H groups in total. The summed E-state index contributed by atoms with van der Waals surface area (Å²) in [4.78, 5) is 13.6. The van der Waals surface area contributed by atoms with Crippen LogP contribution in [0.3, 0.4) is 0 Å². The smallest absolute Gasteiger partial charge is 0.265 e. The van der Waals surface area contributed by atoms with Crippen molar-refractivity contribution >= 4 is 5.91 Å². The predicted octanol–water partition coefficient (Wildman–Crippen LogP) is 1.29. The summed E-state index contributed by atoms with van der Waals surface area (Å²) in [5.41, 5.74) is 2.86. The number of benzene rings is 1. The number of hydrazine groups is 1. The van der Waals surface area contributed by atoms with E-state index >= 15 is 0 Å². The van der Waals surface area contributed by atoms with E-state index in [2.05, 4.69) is 4.90 Å². The standard InChI is InChI=1S/C14H22FN3O2/c1-4-18(10(2)9-20-3)8-12-7-11(14(19)17-16)5-6-13(12)15/h5-7,10H,4,8-9,16H2,1-3H3,(H,17,19). The maximum Gasteiger partial charge on any atom is 0.265 e. The molecule has 1 aromatic rings. The van der Waals surface area contributed by atoms with Gasteiger partial charge in [-0.25, -0.2) is 10.2 Å². The number of nitrogen functional groups attached to an aromatic ring is 1. The van der Waals surface area contributed by atoms with E-state index in [0.717, 1.165) is 6.54 Å². The van der Waals surface area contributed by atoms with Gasteiger partial charge in [-0.3, -0.25) is 15.1 Å². The highest BCUT2D eigenvalue weighted by Crippen LogP contribution is 2.15. The van der Waals surface area contributed by atoms with Crippen molar-refractivity contribution in [3.05, 3.63) is 35.1 Å². The fraction of sp³-hybridized carbons (Fsp3) is 0.500. The SMILES string of the molecule is CCN(Cc1cc(C(=O)NN)ccc1F)C(C)COC. The summed E-state index contributed by atoms with van der Waals surface area (Å²) in [7, 11) is 1.64. The highest BCUT2D eigenvalue weighted by Gasteiger charge is 2.16. The number of rotatable bonds is 7. The number of likely N-dealkylation sites (N-methyl/N-ethyl adjacent to an activating group) is 1. The van der Waals surface area contributed by atoms with Gasteiger partial charge in [0.25, 0.3) is 5.91 Å². The first-order chi connectivity index (χ1) is 9.53. The Morgan fingerprint density at radius 2 is 2.25 bits per heavy atom. The molecular formula is C14H22FN3O2. The van der Waals surface area contributed by atoms with Gasteiger partial charge in [-0.15, -0.1) is 0 Å². The molecule has 0 saturated heterocycles. The molecule has 0 radical (unpaired) electrons. The Morgan fingerprint density at radius 1 is 1.55 bits per heavy atom. The van der Waals surface area contributed by atoms with Crippen LogP contribution in [-0.4, -0.2) is 37.1 Å². The molecule has 1 rings (SSSR count). The first-order valence-corrected chi connectivity index (χ1v) is 6.55. The van der Waals surface area contributed by atoms with E-state index in [1.165, 1.54) is 18.2 Å². The van der Waals surface area contributed by atoms with Crippen LogP contribution < -0.4 is 11.3 Å². The van der Waals surface area contributed by atoms with Crippen molar-refractivity contribution in [3.8, 4) is 0 Å². The fourth-order valence-corrected chi connectivity index (χ4v) is 2.07. The van der Waals surface area contributed by atoms with Gasteiger partial charge >= 0.3 is 0 Å². The zero-order valence-corrected chi connectivity index (χ0v) is 12.1. The van der Waals surface area contributed by atoms with E-state index in [-0.39, 0.29) is 11.9 Å². The number of hydrogen-bond acceptors (Lipinski definition) is 4. The van der Waals surface area contributed by atoms with Crippen molar-refractivity contribution < 1.29 is 13.9 Å². The van der Waals surface area contributed by atoms with Crippen LogP contribution in [0.5, 0.6) is 0 Å². The maximum atomic E-state index is 13.9. The number of nitrogens with two attached hydrogens (primary N) is 1. The minimum Gasteiger partial charge on any atom is -0.383 e. The van der Waals surface area contributed by atoms with Crippen molar-refractivity contribution in [1.29, 1.82) is 0 Å². The Bertz CT molecular complexity index is 454. The predicted molar refractivity (Wildman–Crippen MR) is 75.5 cm³/mol.